The number of hydrogen-bond donors (Lipinski definition) is 3. The third-order valence-corrected chi connectivity index (χ3v) is 6.29. The van der Waals surface area contributed by atoms with Crippen LogP contribution in [0, 0.1) is 12.7 Å². The first kappa shape index (κ1) is 22.9. The standard InChI is InChI=1S/C25H21ClFN5O3/c1-13-8-19(24(34)28-12-14-6-7-18(27)17(26)9-14)29-22-11-20(31-32(13)22)25(35)30-23-16-5-3-2-4-15(16)10-21(23)33/h2-9,11,21,23,33H,10,12H2,1H3,(H,28,34)(H,30,35)/t21-,23+/m0/s1. The van der Waals surface area contributed by atoms with Crippen molar-refractivity contribution in [3.63, 3.8) is 0 Å². The summed E-state index contributed by atoms with van der Waals surface area (Å²) < 4.78 is 14.8. The Hall–Kier alpha value is -3.82. The first-order valence-electron chi connectivity index (χ1n) is 11.0. The summed E-state index contributed by atoms with van der Waals surface area (Å²) >= 11 is 5.79. The summed E-state index contributed by atoms with van der Waals surface area (Å²) in [7, 11) is 0. The molecular formula is C25H21ClFN5O3. The van der Waals surface area contributed by atoms with Crippen molar-refractivity contribution in [3.8, 4) is 0 Å². The van der Waals surface area contributed by atoms with Gasteiger partial charge in [0.15, 0.2) is 11.3 Å². The van der Waals surface area contributed by atoms with E-state index in [9.17, 15) is 19.1 Å². The number of amides is 2. The second-order valence-electron chi connectivity index (χ2n) is 8.43. The van der Waals surface area contributed by atoms with E-state index in [-0.39, 0.29) is 23.0 Å². The zero-order valence-electron chi connectivity index (χ0n) is 18.6. The summed E-state index contributed by atoms with van der Waals surface area (Å²) in [6.45, 7) is 1.89. The van der Waals surface area contributed by atoms with Gasteiger partial charge in [-0.25, -0.2) is 13.9 Å². The Morgan fingerprint density at radius 3 is 2.74 bits per heavy atom. The van der Waals surface area contributed by atoms with Gasteiger partial charge in [-0.1, -0.05) is 41.9 Å². The monoisotopic (exact) mass is 493 g/mol. The number of rotatable bonds is 5. The van der Waals surface area contributed by atoms with E-state index in [4.69, 9.17) is 11.6 Å². The number of aliphatic hydroxyl groups excluding tert-OH is 1. The Bertz CT molecular complexity index is 1470. The van der Waals surface area contributed by atoms with Gasteiger partial charge in [0.1, 0.15) is 11.5 Å². The Balaban J connectivity index is 1.33. The lowest BCUT2D eigenvalue weighted by Crippen LogP contribution is -2.34. The van der Waals surface area contributed by atoms with Crippen LogP contribution in [0.2, 0.25) is 5.02 Å². The molecule has 1 aliphatic carbocycles. The van der Waals surface area contributed by atoms with Crippen molar-refractivity contribution in [3.05, 3.63) is 99.2 Å². The molecule has 8 nitrogen and oxygen atoms in total. The van der Waals surface area contributed by atoms with E-state index in [0.29, 0.717) is 23.3 Å². The SMILES string of the molecule is Cc1cc(C(=O)NCc2ccc(F)c(Cl)c2)nc2cc(C(=O)N[C@@H]3c4ccccc4C[C@@H]3O)nn12. The normalized spacial score (nSPS) is 16.8. The molecule has 0 radical (unpaired) electrons. The molecule has 2 aromatic heterocycles. The molecule has 3 N–H and O–H groups in total. The van der Waals surface area contributed by atoms with Crippen LogP contribution >= 0.6 is 11.6 Å². The van der Waals surface area contributed by atoms with E-state index in [2.05, 4.69) is 20.7 Å². The Kier molecular flexibility index (Phi) is 5.96. The molecule has 0 bridgehead atoms. The molecule has 178 valence electrons. The number of benzene rings is 2. The lowest BCUT2D eigenvalue weighted by Gasteiger charge is -2.17. The number of fused-ring (bicyclic) bond motifs is 2. The zero-order valence-corrected chi connectivity index (χ0v) is 19.4. The molecule has 35 heavy (non-hydrogen) atoms. The van der Waals surface area contributed by atoms with Crippen LogP contribution in [0.5, 0.6) is 0 Å². The number of carbonyl (C=O) groups is 2. The van der Waals surface area contributed by atoms with E-state index in [0.717, 1.165) is 11.1 Å². The fourth-order valence-electron chi connectivity index (χ4n) is 4.24. The van der Waals surface area contributed by atoms with Crippen molar-refractivity contribution in [2.45, 2.75) is 32.0 Å². The van der Waals surface area contributed by atoms with Gasteiger partial charge in [0.05, 0.1) is 17.2 Å². The molecule has 0 saturated heterocycles. The first-order valence-corrected chi connectivity index (χ1v) is 11.3. The molecule has 2 heterocycles. The number of nitrogens with one attached hydrogen (secondary N) is 2. The molecule has 5 rings (SSSR count). The molecule has 10 heteroatoms. The zero-order chi connectivity index (χ0) is 24.7. The summed E-state index contributed by atoms with van der Waals surface area (Å²) in [6, 6.07) is 14.3. The quantitative estimate of drug-likeness (QED) is 0.396. The second kappa shape index (κ2) is 9.09. The van der Waals surface area contributed by atoms with Gasteiger partial charge in [0.2, 0.25) is 0 Å². The largest absolute Gasteiger partial charge is 0.390 e. The lowest BCUT2D eigenvalue weighted by molar-refractivity contribution is 0.0852. The summed E-state index contributed by atoms with van der Waals surface area (Å²) in [5.41, 5.74) is 3.73. The maximum Gasteiger partial charge on any atom is 0.272 e. The van der Waals surface area contributed by atoms with Gasteiger partial charge in [-0.15, -0.1) is 0 Å². The van der Waals surface area contributed by atoms with Crippen LogP contribution in [-0.4, -0.2) is 37.6 Å². The average Bonchev–Trinajstić information content (AvgIpc) is 3.41. The van der Waals surface area contributed by atoms with Crippen molar-refractivity contribution in [2.75, 3.05) is 0 Å². The number of nitrogens with zero attached hydrogens (tertiary/aromatic N) is 3. The average molecular weight is 494 g/mol. The molecule has 0 saturated carbocycles. The van der Waals surface area contributed by atoms with Crippen molar-refractivity contribution in [2.24, 2.45) is 0 Å². The highest BCUT2D eigenvalue weighted by Crippen LogP contribution is 2.31. The van der Waals surface area contributed by atoms with Gasteiger partial charge in [-0.2, -0.15) is 5.10 Å². The molecule has 4 aromatic rings. The van der Waals surface area contributed by atoms with Gasteiger partial charge in [0, 0.05) is 24.7 Å². The molecule has 2 atom stereocenters. The van der Waals surface area contributed by atoms with Crippen molar-refractivity contribution < 1.29 is 19.1 Å². The molecule has 0 fully saturated rings. The predicted octanol–water partition coefficient (Wildman–Crippen LogP) is 3.15. The Morgan fingerprint density at radius 2 is 1.94 bits per heavy atom. The third kappa shape index (κ3) is 4.48. The summed E-state index contributed by atoms with van der Waals surface area (Å²) in [5, 5.41) is 20.3. The highest BCUT2D eigenvalue weighted by atomic mass is 35.5. The molecule has 0 aliphatic heterocycles. The summed E-state index contributed by atoms with van der Waals surface area (Å²) in [6.07, 6.45) is -0.255. The van der Waals surface area contributed by atoms with Gasteiger partial charge >= 0.3 is 0 Å². The summed E-state index contributed by atoms with van der Waals surface area (Å²) in [5.74, 6) is -1.42. The molecule has 2 aromatic carbocycles. The van der Waals surface area contributed by atoms with Crippen LogP contribution < -0.4 is 10.6 Å². The van der Waals surface area contributed by atoms with Crippen molar-refractivity contribution in [1.82, 2.24) is 25.2 Å². The van der Waals surface area contributed by atoms with Gasteiger partial charge < -0.3 is 15.7 Å². The van der Waals surface area contributed by atoms with Crippen LogP contribution in [0.3, 0.4) is 0 Å². The minimum atomic E-state index is -0.723. The number of halogens is 2. The van der Waals surface area contributed by atoms with Crippen molar-refractivity contribution in [1.29, 1.82) is 0 Å². The first-order chi connectivity index (χ1) is 16.8. The smallest absolute Gasteiger partial charge is 0.272 e. The van der Waals surface area contributed by atoms with E-state index < -0.39 is 29.8 Å². The summed E-state index contributed by atoms with van der Waals surface area (Å²) in [4.78, 5) is 29.9. The predicted molar refractivity (Wildman–Crippen MR) is 127 cm³/mol. The number of carbonyl (C=O) groups excluding carboxylic acids is 2. The highest BCUT2D eigenvalue weighted by Gasteiger charge is 2.32. The third-order valence-electron chi connectivity index (χ3n) is 6.00. The number of aliphatic hydroxyl groups is 1. The van der Waals surface area contributed by atoms with E-state index in [1.165, 1.54) is 28.8 Å². The maximum absolute atomic E-state index is 13.3. The molecule has 0 unspecified atom stereocenters. The fraction of sp³-hybridized carbons (Fsp3) is 0.200. The molecule has 0 spiro atoms. The highest BCUT2D eigenvalue weighted by molar-refractivity contribution is 6.30. The van der Waals surface area contributed by atoms with Gasteiger partial charge in [-0.05, 0) is 41.8 Å². The second-order valence-corrected chi connectivity index (χ2v) is 8.84. The lowest BCUT2D eigenvalue weighted by atomic mass is 10.1. The minimum absolute atomic E-state index is 0.0224. The minimum Gasteiger partial charge on any atom is -0.390 e. The Labute approximate surface area is 204 Å². The number of hydrogen-bond acceptors (Lipinski definition) is 5. The van der Waals surface area contributed by atoms with Crippen LogP contribution in [0.4, 0.5) is 4.39 Å². The number of aryl methyl sites for hydroxylation is 1. The topological polar surface area (TPSA) is 109 Å². The molecule has 2 amide bonds. The molecular weight excluding hydrogens is 473 g/mol. The van der Waals surface area contributed by atoms with Crippen LogP contribution in [-0.2, 0) is 13.0 Å². The van der Waals surface area contributed by atoms with E-state index in [1.54, 1.807) is 13.0 Å². The van der Waals surface area contributed by atoms with Crippen LogP contribution in [0.1, 0.15) is 49.4 Å². The van der Waals surface area contributed by atoms with E-state index >= 15 is 0 Å². The van der Waals surface area contributed by atoms with Gasteiger partial charge in [0.25, 0.3) is 11.8 Å². The van der Waals surface area contributed by atoms with Crippen molar-refractivity contribution >= 4 is 29.1 Å². The van der Waals surface area contributed by atoms with E-state index in [1.807, 2.05) is 24.3 Å². The Morgan fingerprint density at radius 1 is 1.14 bits per heavy atom. The van der Waals surface area contributed by atoms with Crippen LogP contribution in [0.15, 0.2) is 54.6 Å². The number of aromatic nitrogens is 3. The fourth-order valence-corrected chi connectivity index (χ4v) is 4.44. The maximum atomic E-state index is 13.3. The van der Waals surface area contributed by atoms with Crippen LogP contribution in [0.25, 0.3) is 5.65 Å². The molecule has 1 aliphatic rings. The van der Waals surface area contributed by atoms with Gasteiger partial charge in [-0.3, -0.25) is 9.59 Å².